The molecule has 0 aliphatic heterocycles. The van der Waals surface area contributed by atoms with Crippen molar-refractivity contribution in [2.24, 2.45) is 5.73 Å². The van der Waals surface area contributed by atoms with Crippen LogP contribution in [-0.4, -0.2) is 17.1 Å². The van der Waals surface area contributed by atoms with Crippen LogP contribution in [-0.2, 0) is 0 Å². The summed E-state index contributed by atoms with van der Waals surface area (Å²) >= 11 is 1.55. The molecule has 0 saturated heterocycles. The molecule has 1 aromatic rings. The van der Waals surface area contributed by atoms with Crippen molar-refractivity contribution in [3.63, 3.8) is 0 Å². The molecule has 1 aliphatic rings. The Hall–Kier alpha value is -0.610. The van der Waals surface area contributed by atoms with Gasteiger partial charge in [0.2, 0.25) is 0 Å². The summed E-state index contributed by atoms with van der Waals surface area (Å²) in [4.78, 5) is 4.21. The number of aryl methyl sites for hydroxylation is 1. The monoisotopic (exact) mass is 184 g/mol. The van der Waals surface area contributed by atoms with Crippen molar-refractivity contribution in [1.29, 1.82) is 0 Å². The van der Waals surface area contributed by atoms with Crippen LogP contribution in [0.1, 0.15) is 18.5 Å². The second-order valence-corrected chi connectivity index (χ2v) is 4.05. The van der Waals surface area contributed by atoms with Crippen molar-refractivity contribution in [2.45, 2.75) is 31.9 Å². The zero-order valence-electron chi connectivity index (χ0n) is 6.99. The quantitative estimate of drug-likeness (QED) is 0.754. The predicted molar refractivity (Wildman–Crippen MR) is 48.5 cm³/mol. The fourth-order valence-electron chi connectivity index (χ4n) is 1.23. The summed E-state index contributed by atoms with van der Waals surface area (Å²) in [5.41, 5.74) is 6.66. The van der Waals surface area contributed by atoms with Gasteiger partial charge in [-0.15, -0.1) is 0 Å². The molecule has 66 valence electrons. The summed E-state index contributed by atoms with van der Waals surface area (Å²) in [6, 6.07) is 0.344. The third kappa shape index (κ3) is 1.59. The molecule has 0 amide bonds. The molecule has 1 aromatic heterocycles. The zero-order valence-corrected chi connectivity index (χ0v) is 7.80. The summed E-state index contributed by atoms with van der Waals surface area (Å²) < 4.78 is 5.57. The van der Waals surface area contributed by atoms with Crippen molar-refractivity contribution >= 4 is 11.3 Å². The Kier molecular flexibility index (Phi) is 2.02. The fourth-order valence-corrected chi connectivity index (χ4v) is 1.94. The number of ether oxygens (including phenoxy) is 1. The van der Waals surface area contributed by atoms with E-state index in [1.807, 2.05) is 12.3 Å². The average Bonchev–Trinajstić information content (AvgIpc) is 2.33. The van der Waals surface area contributed by atoms with Crippen molar-refractivity contribution < 1.29 is 4.74 Å². The van der Waals surface area contributed by atoms with E-state index >= 15 is 0 Å². The van der Waals surface area contributed by atoms with Crippen LogP contribution in [0.5, 0.6) is 5.19 Å². The lowest BCUT2D eigenvalue weighted by molar-refractivity contribution is 0.100. The van der Waals surface area contributed by atoms with Crippen LogP contribution in [0.4, 0.5) is 0 Å². The third-order valence-electron chi connectivity index (χ3n) is 2.00. The van der Waals surface area contributed by atoms with Crippen molar-refractivity contribution in [2.75, 3.05) is 0 Å². The lowest BCUT2D eigenvalue weighted by Crippen LogP contribution is -2.43. The number of nitrogens with two attached hydrogens (primary N) is 1. The van der Waals surface area contributed by atoms with Gasteiger partial charge >= 0.3 is 0 Å². The topological polar surface area (TPSA) is 48.1 Å². The van der Waals surface area contributed by atoms with Crippen molar-refractivity contribution in [3.8, 4) is 5.19 Å². The minimum absolute atomic E-state index is 0.311. The van der Waals surface area contributed by atoms with Gasteiger partial charge in [0.1, 0.15) is 6.10 Å². The highest BCUT2D eigenvalue weighted by Gasteiger charge is 2.28. The van der Waals surface area contributed by atoms with Crippen LogP contribution in [0.3, 0.4) is 0 Å². The maximum absolute atomic E-state index is 5.63. The number of thiazole rings is 1. The molecule has 4 heteroatoms. The molecule has 0 atom stereocenters. The number of aromatic nitrogens is 1. The highest BCUT2D eigenvalue weighted by atomic mass is 32.1. The molecule has 0 bridgehead atoms. The van der Waals surface area contributed by atoms with E-state index in [1.54, 1.807) is 11.3 Å². The van der Waals surface area contributed by atoms with Crippen molar-refractivity contribution in [3.05, 3.63) is 11.1 Å². The predicted octanol–water partition coefficient (Wildman–Crippen LogP) is 1.32. The summed E-state index contributed by atoms with van der Waals surface area (Å²) in [6.07, 6.45) is 2.25. The van der Waals surface area contributed by atoms with Gasteiger partial charge in [-0.05, 0) is 19.8 Å². The van der Waals surface area contributed by atoms with Gasteiger partial charge in [0.05, 0.1) is 5.69 Å². The van der Waals surface area contributed by atoms with Gasteiger partial charge in [-0.1, -0.05) is 11.3 Å². The number of hydrogen-bond donors (Lipinski definition) is 1. The highest BCUT2D eigenvalue weighted by molar-refractivity contribution is 7.11. The van der Waals surface area contributed by atoms with E-state index in [9.17, 15) is 0 Å². The van der Waals surface area contributed by atoms with Gasteiger partial charge in [-0.2, -0.15) is 0 Å². The van der Waals surface area contributed by atoms with E-state index in [-0.39, 0.29) is 0 Å². The molecule has 0 radical (unpaired) electrons. The van der Waals surface area contributed by atoms with E-state index in [0.717, 1.165) is 23.7 Å². The van der Waals surface area contributed by atoms with Crippen LogP contribution >= 0.6 is 11.3 Å². The molecule has 1 heterocycles. The van der Waals surface area contributed by atoms with E-state index in [0.29, 0.717) is 12.1 Å². The Bertz CT molecular complexity index is 268. The zero-order chi connectivity index (χ0) is 8.55. The molecule has 3 nitrogen and oxygen atoms in total. The van der Waals surface area contributed by atoms with Crippen molar-refractivity contribution in [1.82, 2.24) is 4.98 Å². The molecule has 0 spiro atoms. The SMILES string of the molecule is Cc1csc(OC2CC(N)C2)n1. The smallest absolute Gasteiger partial charge is 0.273 e. The first-order valence-corrected chi connectivity index (χ1v) is 4.96. The molecule has 1 fully saturated rings. The molecule has 0 aromatic carbocycles. The van der Waals surface area contributed by atoms with Gasteiger partial charge in [-0.3, -0.25) is 0 Å². The van der Waals surface area contributed by atoms with Gasteiger partial charge in [0.15, 0.2) is 0 Å². The normalized spacial score (nSPS) is 28.2. The summed E-state index contributed by atoms with van der Waals surface area (Å²) in [6.45, 7) is 1.97. The van der Waals surface area contributed by atoms with Crippen LogP contribution in [0.25, 0.3) is 0 Å². The van der Waals surface area contributed by atoms with Crippen LogP contribution in [0, 0.1) is 6.92 Å². The Labute approximate surface area is 75.6 Å². The summed E-state index contributed by atoms with van der Waals surface area (Å²) in [5, 5.41) is 2.78. The molecule has 1 saturated carbocycles. The molecular weight excluding hydrogens is 172 g/mol. The first kappa shape index (κ1) is 8.01. The Balaban J connectivity index is 1.88. The Morgan fingerprint density at radius 3 is 2.92 bits per heavy atom. The van der Waals surface area contributed by atoms with E-state index < -0.39 is 0 Å². The molecular formula is C8H12N2OS. The number of rotatable bonds is 2. The standard InChI is InChI=1S/C8H12N2OS/c1-5-4-12-8(10-5)11-7-2-6(9)3-7/h4,6-7H,2-3,9H2,1H3. The average molecular weight is 184 g/mol. The van der Waals surface area contributed by atoms with E-state index in [2.05, 4.69) is 4.98 Å². The molecule has 0 unspecified atom stereocenters. The maximum Gasteiger partial charge on any atom is 0.273 e. The van der Waals surface area contributed by atoms with E-state index in [4.69, 9.17) is 10.5 Å². The minimum atomic E-state index is 0.311. The lowest BCUT2D eigenvalue weighted by Gasteiger charge is -2.31. The van der Waals surface area contributed by atoms with E-state index in [1.165, 1.54) is 0 Å². The van der Waals surface area contributed by atoms with Crippen LogP contribution in [0.15, 0.2) is 5.38 Å². The molecule has 12 heavy (non-hydrogen) atoms. The first-order valence-electron chi connectivity index (χ1n) is 4.08. The van der Waals surface area contributed by atoms with Gasteiger partial charge in [-0.25, -0.2) is 4.98 Å². The third-order valence-corrected chi connectivity index (χ3v) is 2.84. The fraction of sp³-hybridized carbons (Fsp3) is 0.625. The Morgan fingerprint density at radius 2 is 2.42 bits per heavy atom. The van der Waals surface area contributed by atoms with Gasteiger partial charge in [0, 0.05) is 11.4 Å². The van der Waals surface area contributed by atoms with Gasteiger partial charge < -0.3 is 10.5 Å². The Morgan fingerprint density at radius 1 is 1.67 bits per heavy atom. The van der Waals surface area contributed by atoms with Gasteiger partial charge in [0.25, 0.3) is 5.19 Å². The van der Waals surface area contributed by atoms with Crippen LogP contribution < -0.4 is 10.5 Å². The highest BCUT2D eigenvalue weighted by Crippen LogP contribution is 2.26. The number of hydrogen-bond acceptors (Lipinski definition) is 4. The number of nitrogens with zero attached hydrogens (tertiary/aromatic N) is 1. The lowest BCUT2D eigenvalue weighted by atomic mass is 9.90. The molecule has 1 aliphatic carbocycles. The minimum Gasteiger partial charge on any atom is -0.467 e. The first-order chi connectivity index (χ1) is 5.74. The second-order valence-electron chi connectivity index (χ2n) is 3.23. The molecule has 2 N–H and O–H groups in total. The second kappa shape index (κ2) is 3.03. The molecule has 2 rings (SSSR count). The largest absolute Gasteiger partial charge is 0.467 e. The maximum atomic E-state index is 5.63. The van der Waals surface area contributed by atoms with Crippen LogP contribution in [0.2, 0.25) is 0 Å². The summed E-state index contributed by atoms with van der Waals surface area (Å²) in [5.74, 6) is 0. The summed E-state index contributed by atoms with van der Waals surface area (Å²) in [7, 11) is 0.